The minimum absolute atomic E-state index is 0.135. The van der Waals surface area contributed by atoms with Crippen LogP contribution in [0.1, 0.15) is 45.1 Å². The van der Waals surface area contributed by atoms with Gasteiger partial charge in [-0.05, 0) is 31.5 Å². The van der Waals surface area contributed by atoms with Gasteiger partial charge in [-0.25, -0.2) is 14.1 Å². The van der Waals surface area contributed by atoms with Gasteiger partial charge in [0.25, 0.3) is 0 Å². The second kappa shape index (κ2) is 5.93. The number of rotatable bonds is 5. The molecule has 114 valence electrons. The van der Waals surface area contributed by atoms with Crippen LogP contribution in [-0.4, -0.2) is 20.8 Å². The van der Waals surface area contributed by atoms with Crippen molar-refractivity contribution in [3.8, 4) is 0 Å². The van der Waals surface area contributed by atoms with Gasteiger partial charge in [0.2, 0.25) is 0 Å². The first-order chi connectivity index (χ1) is 9.82. The Morgan fingerprint density at radius 1 is 1.24 bits per heavy atom. The van der Waals surface area contributed by atoms with Crippen molar-refractivity contribution >= 4 is 0 Å². The summed E-state index contributed by atoms with van der Waals surface area (Å²) in [6.07, 6.45) is 2.19. The average molecular weight is 290 g/mol. The minimum Gasteiger partial charge on any atom is -0.327 e. The molecule has 1 atom stereocenters. The van der Waals surface area contributed by atoms with E-state index < -0.39 is 0 Å². The first-order valence-electron chi connectivity index (χ1n) is 7.22. The van der Waals surface area contributed by atoms with Crippen LogP contribution in [0.2, 0.25) is 0 Å². The van der Waals surface area contributed by atoms with Crippen LogP contribution in [0.3, 0.4) is 0 Å². The summed E-state index contributed by atoms with van der Waals surface area (Å²) >= 11 is 0. The highest BCUT2D eigenvalue weighted by Crippen LogP contribution is 2.28. The maximum Gasteiger partial charge on any atom is 0.138 e. The molecule has 1 unspecified atom stereocenters. The van der Waals surface area contributed by atoms with Crippen LogP contribution in [0.25, 0.3) is 0 Å². The molecule has 2 rings (SSSR count). The van der Waals surface area contributed by atoms with E-state index >= 15 is 0 Å². The number of benzene rings is 1. The molecular weight excluding hydrogens is 267 g/mol. The average Bonchev–Trinajstić information content (AvgIpc) is 2.87. The third-order valence-corrected chi connectivity index (χ3v) is 4.05. The van der Waals surface area contributed by atoms with Crippen LogP contribution in [0.15, 0.2) is 30.6 Å². The van der Waals surface area contributed by atoms with Crippen molar-refractivity contribution < 1.29 is 4.39 Å². The molecule has 0 saturated heterocycles. The standard InChI is InChI=1S/C16H23FN4/c1-11(2)21-15(19-10-20-21)9-14(18)16(3,4)12-5-7-13(17)8-6-12/h5-8,10-11,14H,9,18H2,1-4H3. The summed E-state index contributed by atoms with van der Waals surface area (Å²) in [6.45, 7) is 8.27. The van der Waals surface area contributed by atoms with Crippen molar-refractivity contribution in [2.75, 3.05) is 0 Å². The highest BCUT2D eigenvalue weighted by Gasteiger charge is 2.30. The van der Waals surface area contributed by atoms with Crippen molar-refractivity contribution in [3.05, 3.63) is 47.8 Å². The number of hydrogen-bond acceptors (Lipinski definition) is 3. The lowest BCUT2D eigenvalue weighted by Gasteiger charge is -2.32. The van der Waals surface area contributed by atoms with Crippen LogP contribution in [0.5, 0.6) is 0 Å². The van der Waals surface area contributed by atoms with E-state index in [-0.39, 0.29) is 23.3 Å². The largest absolute Gasteiger partial charge is 0.327 e. The molecule has 1 aromatic carbocycles. The zero-order chi connectivity index (χ0) is 15.6. The van der Waals surface area contributed by atoms with E-state index in [0.29, 0.717) is 6.42 Å². The molecule has 2 N–H and O–H groups in total. The SMILES string of the molecule is CC(C)n1ncnc1CC(N)C(C)(C)c1ccc(F)cc1. The Morgan fingerprint density at radius 2 is 1.86 bits per heavy atom. The van der Waals surface area contributed by atoms with E-state index in [1.165, 1.54) is 12.1 Å². The Kier molecular flexibility index (Phi) is 4.42. The molecule has 0 fully saturated rings. The molecule has 0 amide bonds. The smallest absolute Gasteiger partial charge is 0.138 e. The Balaban J connectivity index is 2.20. The minimum atomic E-state index is -0.276. The molecule has 0 saturated carbocycles. The molecular formula is C16H23FN4. The summed E-state index contributed by atoms with van der Waals surface area (Å²) in [5.41, 5.74) is 7.15. The number of aromatic nitrogens is 3. The second-order valence-electron chi connectivity index (χ2n) is 6.25. The van der Waals surface area contributed by atoms with Crippen LogP contribution < -0.4 is 5.73 Å². The van der Waals surface area contributed by atoms with Crippen molar-refractivity contribution in [2.45, 2.75) is 51.6 Å². The van der Waals surface area contributed by atoms with Gasteiger partial charge in [-0.2, -0.15) is 5.10 Å². The van der Waals surface area contributed by atoms with Gasteiger partial charge < -0.3 is 5.73 Å². The Hall–Kier alpha value is -1.75. The van der Waals surface area contributed by atoms with Gasteiger partial charge >= 0.3 is 0 Å². The number of hydrogen-bond donors (Lipinski definition) is 1. The number of nitrogens with zero attached hydrogens (tertiary/aromatic N) is 3. The zero-order valence-corrected chi connectivity index (χ0v) is 13.0. The summed E-state index contributed by atoms with van der Waals surface area (Å²) in [5.74, 6) is 0.648. The van der Waals surface area contributed by atoms with Gasteiger partial charge in [-0.1, -0.05) is 26.0 Å². The Morgan fingerprint density at radius 3 is 2.43 bits per heavy atom. The maximum atomic E-state index is 13.1. The molecule has 0 spiro atoms. The first-order valence-corrected chi connectivity index (χ1v) is 7.22. The number of nitrogens with two attached hydrogens (primary N) is 1. The van der Waals surface area contributed by atoms with Crippen molar-refractivity contribution in [1.29, 1.82) is 0 Å². The molecule has 0 aliphatic rings. The molecule has 1 heterocycles. The molecule has 0 aliphatic heterocycles. The Bertz CT molecular complexity index is 587. The summed E-state index contributed by atoms with van der Waals surface area (Å²) < 4.78 is 15.0. The molecule has 0 aliphatic carbocycles. The molecule has 1 aromatic heterocycles. The van der Waals surface area contributed by atoms with Gasteiger partial charge in [0.1, 0.15) is 18.0 Å². The Labute approximate surface area is 125 Å². The fraction of sp³-hybridized carbons (Fsp3) is 0.500. The fourth-order valence-electron chi connectivity index (χ4n) is 2.40. The van der Waals surface area contributed by atoms with E-state index in [0.717, 1.165) is 11.4 Å². The van der Waals surface area contributed by atoms with E-state index in [2.05, 4.69) is 37.8 Å². The maximum absolute atomic E-state index is 13.1. The van der Waals surface area contributed by atoms with E-state index in [1.54, 1.807) is 18.5 Å². The van der Waals surface area contributed by atoms with Crippen LogP contribution in [-0.2, 0) is 11.8 Å². The third kappa shape index (κ3) is 3.29. The van der Waals surface area contributed by atoms with Crippen molar-refractivity contribution in [3.63, 3.8) is 0 Å². The summed E-state index contributed by atoms with van der Waals surface area (Å²) in [6, 6.07) is 6.65. The summed E-state index contributed by atoms with van der Waals surface area (Å²) in [4.78, 5) is 4.31. The molecule has 5 heteroatoms. The molecule has 21 heavy (non-hydrogen) atoms. The molecule has 2 aromatic rings. The van der Waals surface area contributed by atoms with E-state index in [1.807, 2.05) is 4.68 Å². The lowest BCUT2D eigenvalue weighted by atomic mass is 9.77. The number of halogens is 1. The quantitative estimate of drug-likeness (QED) is 0.921. The molecule has 0 radical (unpaired) electrons. The monoisotopic (exact) mass is 290 g/mol. The van der Waals surface area contributed by atoms with E-state index in [4.69, 9.17) is 5.73 Å². The van der Waals surface area contributed by atoms with Gasteiger partial charge in [-0.3, -0.25) is 0 Å². The predicted molar refractivity (Wildman–Crippen MR) is 81.5 cm³/mol. The van der Waals surface area contributed by atoms with E-state index in [9.17, 15) is 4.39 Å². The molecule has 4 nitrogen and oxygen atoms in total. The van der Waals surface area contributed by atoms with Gasteiger partial charge in [-0.15, -0.1) is 0 Å². The third-order valence-electron chi connectivity index (χ3n) is 4.05. The normalized spacial score (nSPS) is 13.7. The second-order valence-corrected chi connectivity index (χ2v) is 6.25. The fourth-order valence-corrected chi connectivity index (χ4v) is 2.40. The van der Waals surface area contributed by atoms with Crippen molar-refractivity contribution in [2.24, 2.45) is 5.73 Å². The van der Waals surface area contributed by atoms with Gasteiger partial charge in [0.05, 0.1) is 0 Å². The summed E-state index contributed by atoms with van der Waals surface area (Å²) in [7, 11) is 0. The zero-order valence-electron chi connectivity index (χ0n) is 13.0. The van der Waals surface area contributed by atoms with Crippen LogP contribution in [0, 0.1) is 5.82 Å². The lowest BCUT2D eigenvalue weighted by Crippen LogP contribution is -2.43. The molecule has 0 bridgehead atoms. The van der Waals surface area contributed by atoms with Gasteiger partial charge in [0.15, 0.2) is 0 Å². The van der Waals surface area contributed by atoms with Crippen molar-refractivity contribution in [1.82, 2.24) is 14.8 Å². The topological polar surface area (TPSA) is 56.7 Å². The first kappa shape index (κ1) is 15.6. The summed E-state index contributed by atoms with van der Waals surface area (Å²) in [5, 5.41) is 4.24. The highest BCUT2D eigenvalue weighted by molar-refractivity contribution is 5.26. The highest BCUT2D eigenvalue weighted by atomic mass is 19.1. The predicted octanol–water partition coefficient (Wildman–Crippen LogP) is 2.85. The van der Waals surface area contributed by atoms with Crippen LogP contribution >= 0.6 is 0 Å². The lowest BCUT2D eigenvalue weighted by molar-refractivity contribution is 0.387. The van der Waals surface area contributed by atoms with Gasteiger partial charge in [0, 0.05) is 23.9 Å². The van der Waals surface area contributed by atoms with Crippen LogP contribution in [0.4, 0.5) is 4.39 Å².